The molecule has 1 aromatic rings. The summed E-state index contributed by atoms with van der Waals surface area (Å²) in [5, 5.41) is 2.39. The van der Waals surface area contributed by atoms with Crippen molar-refractivity contribution >= 4 is 5.91 Å². The zero-order valence-electron chi connectivity index (χ0n) is 9.53. The Morgan fingerprint density at radius 1 is 1.24 bits per heavy atom. The lowest BCUT2D eigenvalue weighted by Gasteiger charge is -2.07. The summed E-state index contributed by atoms with van der Waals surface area (Å²) in [7, 11) is 0. The Morgan fingerprint density at radius 2 is 1.82 bits per heavy atom. The summed E-state index contributed by atoms with van der Waals surface area (Å²) in [6, 6.07) is 1.19. The van der Waals surface area contributed by atoms with Crippen LogP contribution in [0.1, 0.15) is 31.7 Å². The molecule has 1 amide bonds. The second-order valence-corrected chi connectivity index (χ2v) is 3.73. The highest BCUT2D eigenvalue weighted by Gasteiger charge is 2.12. The molecule has 0 aromatic heterocycles. The van der Waals surface area contributed by atoms with Crippen molar-refractivity contribution in [1.29, 1.82) is 0 Å². The number of nitrogens with one attached hydrogen (secondary N) is 1. The third kappa shape index (κ3) is 4.09. The van der Waals surface area contributed by atoms with Gasteiger partial charge in [-0.25, -0.2) is 13.2 Å². The molecule has 0 unspecified atom stereocenters. The molecule has 1 rings (SSSR count). The van der Waals surface area contributed by atoms with E-state index in [1.54, 1.807) is 0 Å². The number of unbranched alkanes of at least 4 members (excludes halogenated alkanes) is 1. The first-order chi connectivity index (χ1) is 8.04. The van der Waals surface area contributed by atoms with Crippen molar-refractivity contribution in [1.82, 2.24) is 5.32 Å². The van der Waals surface area contributed by atoms with Crippen molar-refractivity contribution in [2.45, 2.75) is 32.7 Å². The van der Waals surface area contributed by atoms with E-state index in [1.807, 2.05) is 6.92 Å². The van der Waals surface area contributed by atoms with Crippen LogP contribution in [0.3, 0.4) is 0 Å². The zero-order valence-corrected chi connectivity index (χ0v) is 9.53. The highest BCUT2D eigenvalue weighted by molar-refractivity contribution is 5.75. The minimum absolute atomic E-state index is 0.263. The predicted octanol–water partition coefficient (Wildman–Crippen LogP) is 2.91. The van der Waals surface area contributed by atoms with E-state index >= 15 is 0 Å². The van der Waals surface area contributed by atoms with Crippen molar-refractivity contribution < 1.29 is 18.0 Å². The Morgan fingerprint density at radius 3 is 2.35 bits per heavy atom. The van der Waals surface area contributed by atoms with Gasteiger partial charge < -0.3 is 5.32 Å². The Bertz CT molecular complexity index is 384. The number of halogens is 3. The van der Waals surface area contributed by atoms with E-state index in [2.05, 4.69) is 5.32 Å². The number of amides is 1. The molecule has 0 aliphatic heterocycles. The lowest BCUT2D eigenvalue weighted by atomic mass is 10.2. The Hall–Kier alpha value is -1.52. The molecule has 0 bridgehead atoms. The standard InChI is InChI=1S/C12H14F3NO/c1-2-3-4-12(17)16-7-9-10(14)5-8(13)6-11(9)15/h5-6H,2-4,7H2,1H3,(H,16,17). The number of rotatable bonds is 5. The molecule has 17 heavy (non-hydrogen) atoms. The highest BCUT2D eigenvalue weighted by atomic mass is 19.1. The third-order valence-electron chi connectivity index (χ3n) is 2.33. The average Bonchev–Trinajstić information content (AvgIpc) is 2.24. The van der Waals surface area contributed by atoms with Gasteiger partial charge in [-0.1, -0.05) is 13.3 Å². The fraction of sp³-hybridized carbons (Fsp3) is 0.417. The van der Waals surface area contributed by atoms with Crippen molar-refractivity contribution in [2.24, 2.45) is 0 Å². The SMILES string of the molecule is CCCCC(=O)NCc1c(F)cc(F)cc1F. The van der Waals surface area contributed by atoms with E-state index in [9.17, 15) is 18.0 Å². The molecule has 0 saturated carbocycles. The minimum atomic E-state index is -0.988. The molecular formula is C12H14F3NO. The van der Waals surface area contributed by atoms with Crippen LogP contribution in [0.15, 0.2) is 12.1 Å². The second kappa shape index (κ2) is 6.27. The number of benzene rings is 1. The molecule has 0 spiro atoms. The summed E-state index contributed by atoms with van der Waals surface area (Å²) < 4.78 is 39.0. The van der Waals surface area contributed by atoms with Gasteiger partial charge in [-0.2, -0.15) is 0 Å². The molecule has 2 nitrogen and oxygen atoms in total. The van der Waals surface area contributed by atoms with Gasteiger partial charge in [0.15, 0.2) is 0 Å². The van der Waals surface area contributed by atoms with E-state index < -0.39 is 17.5 Å². The summed E-state index contributed by atoms with van der Waals surface area (Å²) in [6.45, 7) is 1.67. The number of carbonyl (C=O) groups is 1. The van der Waals surface area contributed by atoms with Crippen LogP contribution in [0.4, 0.5) is 13.2 Å². The average molecular weight is 245 g/mol. The fourth-order valence-electron chi connectivity index (χ4n) is 1.35. The molecule has 1 N–H and O–H groups in total. The van der Waals surface area contributed by atoms with Gasteiger partial charge in [-0.05, 0) is 6.42 Å². The summed E-state index contributed by atoms with van der Waals surface area (Å²) >= 11 is 0. The van der Waals surface area contributed by atoms with Gasteiger partial charge in [0.1, 0.15) is 17.5 Å². The smallest absolute Gasteiger partial charge is 0.220 e. The van der Waals surface area contributed by atoms with Crippen LogP contribution in [0.25, 0.3) is 0 Å². The normalized spacial score (nSPS) is 10.4. The minimum Gasteiger partial charge on any atom is -0.352 e. The van der Waals surface area contributed by atoms with E-state index in [-0.39, 0.29) is 18.0 Å². The Kier molecular flexibility index (Phi) is 5.00. The van der Waals surface area contributed by atoms with E-state index in [0.29, 0.717) is 18.6 Å². The van der Waals surface area contributed by atoms with Gasteiger partial charge in [0.25, 0.3) is 0 Å². The Balaban J connectivity index is 2.60. The van der Waals surface area contributed by atoms with E-state index in [0.717, 1.165) is 12.8 Å². The molecule has 0 saturated heterocycles. The molecule has 0 aliphatic carbocycles. The van der Waals surface area contributed by atoms with Gasteiger partial charge in [0.2, 0.25) is 5.91 Å². The van der Waals surface area contributed by atoms with Crippen molar-refractivity contribution in [3.8, 4) is 0 Å². The molecule has 0 aliphatic rings. The maximum Gasteiger partial charge on any atom is 0.220 e. The van der Waals surface area contributed by atoms with Gasteiger partial charge in [-0.3, -0.25) is 4.79 Å². The molecular weight excluding hydrogens is 231 g/mol. The van der Waals surface area contributed by atoms with Crippen molar-refractivity contribution in [3.05, 3.63) is 35.1 Å². The second-order valence-electron chi connectivity index (χ2n) is 3.73. The van der Waals surface area contributed by atoms with Crippen molar-refractivity contribution in [3.63, 3.8) is 0 Å². The van der Waals surface area contributed by atoms with Crippen molar-refractivity contribution in [2.75, 3.05) is 0 Å². The summed E-state index contributed by atoms with van der Waals surface area (Å²) in [4.78, 5) is 11.2. The van der Waals surface area contributed by atoms with Crippen LogP contribution in [0.2, 0.25) is 0 Å². The highest BCUT2D eigenvalue weighted by Crippen LogP contribution is 2.14. The van der Waals surface area contributed by atoms with Crippen LogP contribution in [-0.2, 0) is 11.3 Å². The lowest BCUT2D eigenvalue weighted by Crippen LogP contribution is -2.23. The van der Waals surface area contributed by atoms with Gasteiger partial charge in [0, 0.05) is 30.7 Å². The first-order valence-corrected chi connectivity index (χ1v) is 5.44. The zero-order chi connectivity index (χ0) is 12.8. The topological polar surface area (TPSA) is 29.1 Å². The van der Waals surface area contributed by atoms with Crippen LogP contribution < -0.4 is 5.32 Å². The Labute approximate surface area is 97.8 Å². The van der Waals surface area contributed by atoms with Crippen LogP contribution in [-0.4, -0.2) is 5.91 Å². The number of hydrogen-bond acceptors (Lipinski definition) is 1. The van der Waals surface area contributed by atoms with E-state index in [4.69, 9.17) is 0 Å². The molecule has 0 fully saturated rings. The van der Waals surface area contributed by atoms with Crippen LogP contribution in [0, 0.1) is 17.5 Å². The summed E-state index contributed by atoms with van der Waals surface area (Å²) in [6.07, 6.45) is 1.91. The molecule has 5 heteroatoms. The monoisotopic (exact) mass is 245 g/mol. The summed E-state index contributed by atoms with van der Waals surface area (Å²) in [5.74, 6) is -3.22. The summed E-state index contributed by atoms with van der Waals surface area (Å²) in [5.41, 5.74) is -0.323. The van der Waals surface area contributed by atoms with Crippen LogP contribution in [0.5, 0.6) is 0 Å². The third-order valence-corrected chi connectivity index (χ3v) is 2.33. The van der Waals surface area contributed by atoms with E-state index in [1.165, 1.54) is 0 Å². The quantitative estimate of drug-likeness (QED) is 0.849. The molecule has 0 atom stereocenters. The molecule has 0 radical (unpaired) electrons. The number of hydrogen-bond donors (Lipinski definition) is 1. The maximum absolute atomic E-state index is 13.2. The van der Waals surface area contributed by atoms with Gasteiger partial charge in [-0.15, -0.1) is 0 Å². The van der Waals surface area contributed by atoms with Crippen LogP contribution >= 0.6 is 0 Å². The van der Waals surface area contributed by atoms with Gasteiger partial charge in [0.05, 0.1) is 0 Å². The fourth-order valence-corrected chi connectivity index (χ4v) is 1.35. The largest absolute Gasteiger partial charge is 0.352 e. The number of carbonyl (C=O) groups excluding carboxylic acids is 1. The van der Waals surface area contributed by atoms with Gasteiger partial charge >= 0.3 is 0 Å². The molecule has 94 valence electrons. The predicted molar refractivity (Wildman–Crippen MR) is 57.7 cm³/mol. The maximum atomic E-state index is 13.2. The lowest BCUT2D eigenvalue weighted by molar-refractivity contribution is -0.121. The molecule has 1 aromatic carbocycles. The molecule has 0 heterocycles. The first-order valence-electron chi connectivity index (χ1n) is 5.44. The first kappa shape index (κ1) is 13.5.